The van der Waals surface area contributed by atoms with Crippen molar-refractivity contribution in [3.8, 4) is 61.7 Å². The molecule has 0 spiro atoms. The van der Waals surface area contributed by atoms with Crippen molar-refractivity contribution in [1.82, 2.24) is 14.5 Å². The SMILES string of the molecule is C=C1/C=C\C=C/CN(c2ccc(-c3ccccc3)cc2)c2ccc(-c3ccc4c(c3)c3ccccc3n4-c3nccc(-c4cccc(-c5ccc(-c6ccccc6)cc5)c4)n3)cc21. The molecule has 0 bridgehead atoms. The van der Waals surface area contributed by atoms with Gasteiger partial charge in [-0.2, -0.15) is 0 Å². The molecule has 2 aromatic heterocycles. The summed E-state index contributed by atoms with van der Waals surface area (Å²) < 4.78 is 2.19. The lowest BCUT2D eigenvalue weighted by atomic mass is 9.96. The highest BCUT2D eigenvalue weighted by molar-refractivity contribution is 6.10. The normalized spacial score (nSPS) is 13.6. The first kappa shape index (κ1) is 37.6. The van der Waals surface area contributed by atoms with E-state index in [4.69, 9.17) is 9.97 Å². The molecule has 298 valence electrons. The van der Waals surface area contributed by atoms with Crippen LogP contribution in [0.2, 0.25) is 0 Å². The number of anilines is 2. The highest BCUT2D eigenvalue weighted by Gasteiger charge is 2.19. The largest absolute Gasteiger partial charge is 0.337 e. The van der Waals surface area contributed by atoms with Gasteiger partial charge in [-0.25, -0.2) is 9.97 Å². The summed E-state index contributed by atoms with van der Waals surface area (Å²) in [6, 6.07) is 71.3. The van der Waals surface area contributed by atoms with Crippen molar-refractivity contribution in [1.29, 1.82) is 0 Å². The molecule has 0 fully saturated rings. The van der Waals surface area contributed by atoms with Crippen molar-refractivity contribution in [2.24, 2.45) is 0 Å². The van der Waals surface area contributed by atoms with Crippen LogP contribution in [0.3, 0.4) is 0 Å². The Hall–Kier alpha value is -8.34. The molecule has 0 N–H and O–H groups in total. The fourth-order valence-corrected chi connectivity index (χ4v) is 8.85. The Labute approximate surface area is 367 Å². The molecular formula is C59H42N4. The number of rotatable bonds is 7. The molecular weight excluding hydrogens is 765 g/mol. The van der Waals surface area contributed by atoms with E-state index in [1.165, 1.54) is 22.3 Å². The first-order chi connectivity index (χ1) is 31.1. The van der Waals surface area contributed by atoms with Crippen LogP contribution in [0.5, 0.6) is 0 Å². The summed E-state index contributed by atoms with van der Waals surface area (Å²) in [4.78, 5) is 12.4. The lowest BCUT2D eigenvalue weighted by Gasteiger charge is -2.27. The fourth-order valence-electron chi connectivity index (χ4n) is 8.85. The minimum atomic E-state index is 0.634. The van der Waals surface area contributed by atoms with Crippen molar-refractivity contribution < 1.29 is 0 Å². The molecule has 8 aromatic carbocycles. The number of nitrogens with zero attached hydrogens (tertiary/aromatic N) is 4. The first-order valence-corrected chi connectivity index (χ1v) is 21.4. The number of benzene rings is 8. The third kappa shape index (κ3) is 7.24. The zero-order chi connectivity index (χ0) is 42.1. The average molecular weight is 807 g/mol. The van der Waals surface area contributed by atoms with Crippen LogP contribution in [0, 0.1) is 0 Å². The maximum atomic E-state index is 5.21. The Morgan fingerprint density at radius 1 is 0.444 bits per heavy atom. The molecule has 0 atom stereocenters. The molecule has 1 aliphatic heterocycles. The van der Waals surface area contributed by atoms with E-state index < -0.39 is 0 Å². The van der Waals surface area contributed by atoms with E-state index in [1.807, 2.05) is 18.3 Å². The number of hydrogen-bond acceptors (Lipinski definition) is 3. The van der Waals surface area contributed by atoms with E-state index in [2.05, 4.69) is 228 Å². The molecule has 3 heterocycles. The number of fused-ring (bicyclic) bond motifs is 4. The van der Waals surface area contributed by atoms with Gasteiger partial charge in [-0.3, -0.25) is 4.57 Å². The molecule has 0 unspecified atom stereocenters. The number of hydrogen-bond donors (Lipinski definition) is 0. The van der Waals surface area contributed by atoms with E-state index in [1.54, 1.807) is 0 Å². The second-order valence-corrected chi connectivity index (χ2v) is 15.9. The monoisotopic (exact) mass is 806 g/mol. The van der Waals surface area contributed by atoms with E-state index in [0.29, 0.717) is 5.95 Å². The van der Waals surface area contributed by atoms with Crippen LogP contribution in [-0.2, 0) is 0 Å². The molecule has 0 saturated heterocycles. The van der Waals surface area contributed by atoms with Gasteiger partial charge in [-0.05, 0) is 105 Å². The average Bonchev–Trinajstić information content (AvgIpc) is 3.72. The summed E-state index contributed by atoms with van der Waals surface area (Å²) in [6.07, 6.45) is 10.4. The Morgan fingerprint density at radius 2 is 1.02 bits per heavy atom. The lowest BCUT2D eigenvalue weighted by Crippen LogP contribution is -2.18. The highest BCUT2D eigenvalue weighted by atomic mass is 15.2. The topological polar surface area (TPSA) is 34.0 Å². The predicted octanol–water partition coefficient (Wildman–Crippen LogP) is 15.2. The Bertz CT molecular complexity index is 3360. The fraction of sp³-hybridized carbons (Fsp3) is 0.0169. The van der Waals surface area contributed by atoms with Crippen LogP contribution in [0.4, 0.5) is 11.4 Å². The Balaban J connectivity index is 0.940. The molecule has 4 heteroatoms. The summed E-state index contributed by atoms with van der Waals surface area (Å²) in [5, 5.41) is 2.29. The molecule has 10 aromatic rings. The van der Waals surface area contributed by atoms with Crippen molar-refractivity contribution in [2.45, 2.75) is 0 Å². The second kappa shape index (κ2) is 16.3. The predicted molar refractivity (Wildman–Crippen MR) is 264 cm³/mol. The molecule has 63 heavy (non-hydrogen) atoms. The molecule has 1 aliphatic rings. The van der Waals surface area contributed by atoms with Crippen molar-refractivity contribution in [3.63, 3.8) is 0 Å². The molecule has 11 rings (SSSR count). The third-order valence-electron chi connectivity index (χ3n) is 12.1. The maximum absolute atomic E-state index is 5.21. The summed E-state index contributed by atoms with van der Waals surface area (Å²) >= 11 is 0. The van der Waals surface area contributed by atoms with Crippen LogP contribution >= 0.6 is 0 Å². The van der Waals surface area contributed by atoms with E-state index in [0.717, 1.165) is 84.4 Å². The molecule has 4 nitrogen and oxygen atoms in total. The van der Waals surface area contributed by atoms with Crippen molar-refractivity contribution >= 4 is 38.8 Å². The zero-order valence-corrected chi connectivity index (χ0v) is 34.6. The quantitative estimate of drug-likeness (QED) is 0.161. The number of allylic oxidation sites excluding steroid dienone is 4. The van der Waals surface area contributed by atoms with Gasteiger partial charge in [0.15, 0.2) is 0 Å². The van der Waals surface area contributed by atoms with Crippen molar-refractivity contribution in [3.05, 3.63) is 243 Å². The highest BCUT2D eigenvalue weighted by Crippen LogP contribution is 2.40. The van der Waals surface area contributed by atoms with Gasteiger partial charge in [0.25, 0.3) is 0 Å². The summed E-state index contributed by atoms with van der Waals surface area (Å²) in [6.45, 7) is 5.28. The van der Waals surface area contributed by atoms with Crippen LogP contribution in [0.1, 0.15) is 5.56 Å². The molecule has 0 saturated carbocycles. The standard InChI is InChI=1S/C59H42N4/c1-41-14-5-4-12-37-62(51-31-27-45(28-32-51)43-17-8-3-9-18-43)56-33-29-48(39-53(41)56)49-30-34-58-54(40-49)52-21-10-11-22-57(52)63(58)59-60-36-35-55(61-59)50-20-13-19-47(38-50)46-25-23-44(24-26-46)42-15-6-2-7-16-42/h2-36,38-40H,1,37H2/b12-4-,14-5-. The summed E-state index contributed by atoms with van der Waals surface area (Å²) in [7, 11) is 0. The van der Waals surface area contributed by atoms with Gasteiger partial charge in [0, 0.05) is 46.0 Å². The Morgan fingerprint density at radius 3 is 1.78 bits per heavy atom. The van der Waals surface area contributed by atoms with E-state index in [-0.39, 0.29) is 0 Å². The number of aromatic nitrogens is 3. The van der Waals surface area contributed by atoms with Gasteiger partial charge < -0.3 is 4.90 Å². The smallest absolute Gasteiger partial charge is 0.235 e. The maximum Gasteiger partial charge on any atom is 0.235 e. The van der Waals surface area contributed by atoms with Gasteiger partial charge in [0.05, 0.1) is 16.7 Å². The van der Waals surface area contributed by atoms with E-state index >= 15 is 0 Å². The molecule has 0 aliphatic carbocycles. The number of para-hydroxylation sites is 1. The van der Waals surface area contributed by atoms with E-state index in [9.17, 15) is 0 Å². The summed E-state index contributed by atoms with van der Waals surface area (Å²) in [5.41, 5.74) is 17.7. The third-order valence-corrected chi connectivity index (χ3v) is 12.1. The van der Waals surface area contributed by atoms with Crippen LogP contribution in [0.15, 0.2) is 237 Å². The van der Waals surface area contributed by atoms with Gasteiger partial charge in [-0.15, -0.1) is 0 Å². The second-order valence-electron chi connectivity index (χ2n) is 15.9. The lowest BCUT2D eigenvalue weighted by molar-refractivity contribution is 0.992. The van der Waals surface area contributed by atoms with Crippen LogP contribution < -0.4 is 4.90 Å². The van der Waals surface area contributed by atoms with Crippen molar-refractivity contribution in [2.75, 3.05) is 11.4 Å². The molecule has 0 amide bonds. The van der Waals surface area contributed by atoms with Gasteiger partial charge in [0.2, 0.25) is 5.95 Å². The van der Waals surface area contributed by atoms with Gasteiger partial charge >= 0.3 is 0 Å². The van der Waals surface area contributed by atoms with Gasteiger partial charge in [0.1, 0.15) is 0 Å². The summed E-state index contributed by atoms with van der Waals surface area (Å²) in [5.74, 6) is 0.634. The minimum absolute atomic E-state index is 0.634. The Kier molecular flexibility index (Phi) is 9.72. The minimum Gasteiger partial charge on any atom is -0.337 e. The van der Waals surface area contributed by atoms with Crippen LogP contribution in [0.25, 0.3) is 89.1 Å². The molecule has 0 radical (unpaired) electrons. The first-order valence-electron chi connectivity index (χ1n) is 21.4. The zero-order valence-electron chi connectivity index (χ0n) is 34.6. The van der Waals surface area contributed by atoms with Crippen LogP contribution in [-0.4, -0.2) is 21.1 Å². The van der Waals surface area contributed by atoms with Gasteiger partial charge in [-0.1, -0.05) is 176 Å².